The SMILES string of the molecule is CCCCNC(=O)Nc1nc(C)c(C(=O)Nc2c(C)c(C)c(N)c(C)c2C)s1. The normalized spacial score (nSPS) is 10.6. The molecule has 2 rings (SSSR count). The Morgan fingerprint density at radius 1 is 1.00 bits per heavy atom. The van der Waals surface area contributed by atoms with Crippen LogP contribution in [0.4, 0.5) is 21.3 Å². The minimum atomic E-state index is -0.314. The lowest BCUT2D eigenvalue weighted by Gasteiger charge is -2.18. The summed E-state index contributed by atoms with van der Waals surface area (Å²) in [5.74, 6) is -0.246. The van der Waals surface area contributed by atoms with Crippen LogP contribution in [0, 0.1) is 34.6 Å². The monoisotopic (exact) mass is 403 g/mol. The molecule has 0 saturated heterocycles. The molecule has 1 aromatic carbocycles. The first-order chi connectivity index (χ1) is 13.2. The second-order valence-electron chi connectivity index (χ2n) is 6.91. The maximum atomic E-state index is 12.9. The maximum Gasteiger partial charge on any atom is 0.321 e. The number of nitrogen functional groups attached to an aromatic ring is 1. The first kappa shape index (κ1) is 21.7. The van der Waals surface area contributed by atoms with Gasteiger partial charge < -0.3 is 16.4 Å². The van der Waals surface area contributed by atoms with Crippen molar-refractivity contribution in [3.63, 3.8) is 0 Å². The molecule has 0 saturated carbocycles. The molecule has 1 aromatic heterocycles. The van der Waals surface area contributed by atoms with Crippen LogP contribution >= 0.6 is 11.3 Å². The van der Waals surface area contributed by atoms with Crippen molar-refractivity contribution in [1.29, 1.82) is 0 Å². The molecule has 0 aliphatic carbocycles. The van der Waals surface area contributed by atoms with Gasteiger partial charge in [0.1, 0.15) is 4.88 Å². The number of aryl methyl sites for hydroxylation is 1. The summed E-state index contributed by atoms with van der Waals surface area (Å²) in [4.78, 5) is 29.5. The van der Waals surface area contributed by atoms with E-state index in [1.165, 1.54) is 0 Å². The third-order valence-electron chi connectivity index (χ3n) is 4.96. The molecule has 0 atom stereocenters. The molecule has 0 spiro atoms. The van der Waals surface area contributed by atoms with Crippen LogP contribution in [0.3, 0.4) is 0 Å². The van der Waals surface area contributed by atoms with Crippen LogP contribution in [0.5, 0.6) is 0 Å². The summed E-state index contributed by atoms with van der Waals surface area (Å²) in [5.41, 5.74) is 12.1. The molecule has 0 unspecified atom stereocenters. The summed E-state index contributed by atoms with van der Waals surface area (Å²) in [7, 11) is 0. The fraction of sp³-hybridized carbons (Fsp3) is 0.450. The summed E-state index contributed by atoms with van der Waals surface area (Å²) in [5, 5.41) is 8.86. The summed E-state index contributed by atoms with van der Waals surface area (Å²) >= 11 is 1.16. The van der Waals surface area contributed by atoms with Gasteiger partial charge in [0.25, 0.3) is 5.91 Å². The van der Waals surface area contributed by atoms with Gasteiger partial charge in [-0.2, -0.15) is 0 Å². The van der Waals surface area contributed by atoms with Crippen molar-refractivity contribution in [2.75, 3.05) is 22.9 Å². The number of amides is 3. The molecule has 8 heteroatoms. The van der Waals surface area contributed by atoms with Crippen LogP contribution in [0.1, 0.15) is 57.4 Å². The highest BCUT2D eigenvalue weighted by molar-refractivity contribution is 7.17. The number of rotatable bonds is 6. The Morgan fingerprint density at radius 2 is 1.61 bits per heavy atom. The van der Waals surface area contributed by atoms with Crippen molar-refractivity contribution in [2.45, 2.75) is 54.4 Å². The average Bonchev–Trinajstić information content (AvgIpc) is 3.02. The number of nitrogens with two attached hydrogens (primary N) is 1. The fourth-order valence-corrected chi connectivity index (χ4v) is 3.74. The molecule has 3 amide bonds. The van der Waals surface area contributed by atoms with Crippen LogP contribution in [0.15, 0.2) is 0 Å². The van der Waals surface area contributed by atoms with Crippen molar-refractivity contribution in [1.82, 2.24) is 10.3 Å². The van der Waals surface area contributed by atoms with E-state index in [1.54, 1.807) is 6.92 Å². The number of urea groups is 1. The second-order valence-corrected chi connectivity index (χ2v) is 7.91. The topological polar surface area (TPSA) is 109 Å². The van der Waals surface area contributed by atoms with E-state index in [0.29, 0.717) is 22.2 Å². The van der Waals surface area contributed by atoms with Gasteiger partial charge >= 0.3 is 6.03 Å². The Morgan fingerprint density at radius 3 is 2.18 bits per heavy atom. The summed E-state index contributed by atoms with van der Waals surface area (Å²) < 4.78 is 0. The molecular weight excluding hydrogens is 374 g/mol. The van der Waals surface area contributed by atoms with E-state index in [4.69, 9.17) is 5.73 Å². The Balaban J connectivity index is 2.18. The lowest BCUT2D eigenvalue weighted by atomic mass is 9.96. The van der Waals surface area contributed by atoms with E-state index in [0.717, 1.165) is 57.8 Å². The molecule has 0 fully saturated rings. The third-order valence-corrected chi connectivity index (χ3v) is 6.03. The molecule has 1 heterocycles. The molecule has 152 valence electrons. The van der Waals surface area contributed by atoms with Crippen molar-refractivity contribution < 1.29 is 9.59 Å². The molecule has 7 nitrogen and oxygen atoms in total. The van der Waals surface area contributed by atoms with Gasteiger partial charge in [-0.05, 0) is 63.3 Å². The van der Waals surface area contributed by atoms with Crippen molar-refractivity contribution in [2.24, 2.45) is 0 Å². The number of aromatic nitrogens is 1. The Kier molecular flexibility index (Phi) is 7.01. The Bertz CT molecular complexity index is 875. The zero-order chi connectivity index (χ0) is 21.0. The largest absolute Gasteiger partial charge is 0.398 e. The lowest BCUT2D eigenvalue weighted by molar-refractivity contribution is 0.102. The highest BCUT2D eigenvalue weighted by atomic mass is 32.1. The highest BCUT2D eigenvalue weighted by Crippen LogP contribution is 2.33. The Hall–Kier alpha value is -2.61. The minimum Gasteiger partial charge on any atom is -0.398 e. The molecule has 0 aliphatic heterocycles. The molecular formula is C20H29N5O2S. The van der Waals surface area contributed by atoms with E-state index in [-0.39, 0.29) is 11.9 Å². The number of unbranched alkanes of at least 4 members (excludes halogenated alkanes) is 1. The molecule has 0 radical (unpaired) electrons. The zero-order valence-corrected chi connectivity index (χ0v) is 18.2. The van der Waals surface area contributed by atoms with Crippen molar-refractivity contribution >= 4 is 39.8 Å². The summed E-state index contributed by atoms with van der Waals surface area (Å²) in [6.07, 6.45) is 1.92. The molecule has 28 heavy (non-hydrogen) atoms. The van der Waals surface area contributed by atoms with E-state index >= 15 is 0 Å². The van der Waals surface area contributed by atoms with Crippen molar-refractivity contribution in [3.8, 4) is 0 Å². The third kappa shape index (κ3) is 4.62. The van der Waals surface area contributed by atoms with Crippen molar-refractivity contribution in [3.05, 3.63) is 32.8 Å². The maximum absolute atomic E-state index is 12.9. The van der Waals surface area contributed by atoms with Crippen LogP contribution in [0.2, 0.25) is 0 Å². The molecule has 0 bridgehead atoms. The molecule has 0 aliphatic rings. The van der Waals surface area contributed by atoms with Gasteiger partial charge in [-0.3, -0.25) is 10.1 Å². The zero-order valence-electron chi connectivity index (χ0n) is 17.4. The van der Waals surface area contributed by atoms with Crippen LogP contribution in [-0.4, -0.2) is 23.5 Å². The number of anilines is 3. The molecule has 5 N–H and O–H groups in total. The second kappa shape index (κ2) is 9.05. The predicted molar refractivity (Wildman–Crippen MR) is 117 cm³/mol. The van der Waals surface area contributed by atoms with Crippen LogP contribution < -0.4 is 21.7 Å². The molecule has 2 aromatic rings. The smallest absolute Gasteiger partial charge is 0.321 e. The standard InChI is InChI=1S/C20H29N5O2S/c1-7-8-9-22-19(27)25-20-23-14(6)17(28-20)18(26)24-16-12(4)10(2)15(21)11(3)13(16)5/h7-9,21H2,1-6H3,(H,24,26)(H2,22,23,25,27). The van der Waals surface area contributed by atoms with E-state index in [1.807, 2.05) is 27.7 Å². The van der Waals surface area contributed by atoms with Gasteiger partial charge in [0.15, 0.2) is 5.13 Å². The van der Waals surface area contributed by atoms with Gasteiger partial charge in [-0.15, -0.1) is 0 Å². The average molecular weight is 404 g/mol. The Labute approximate surface area is 170 Å². The van der Waals surface area contributed by atoms with E-state index < -0.39 is 0 Å². The van der Waals surface area contributed by atoms with Gasteiger partial charge in [-0.25, -0.2) is 9.78 Å². The highest BCUT2D eigenvalue weighted by Gasteiger charge is 2.20. The first-order valence-corrected chi connectivity index (χ1v) is 10.2. The van der Waals surface area contributed by atoms with Gasteiger partial charge in [0.2, 0.25) is 0 Å². The lowest BCUT2D eigenvalue weighted by Crippen LogP contribution is -2.29. The number of carbonyl (C=O) groups is 2. The number of thiazole rings is 1. The number of carbonyl (C=O) groups excluding carboxylic acids is 2. The summed E-state index contributed by atoms with van der Waals surface area (Å²) in [6, 6.07) is -0.314. The van der Waals surface area contributed by atoms with Crippen LogP contribution in [-0.2, 0) is 0 Å². The number of nitrogens with zero attached hydrogens (tertiary/aromatic N) is 1. The number of benzene rings is 1. The fourth-order valence-electron chi connectivity index (χ4n) is 2.88. The van der Waals surface area contributed by atoms with E-state index in [9.17, 15) is 9.59 Å². The summed E-state index contributed by atoms with van der Waals surface area (Å²) in [6.45, 7) is 12.2. The predicted octanol–water partition coefficient (Wildman–Crippen LogP) is 4.44. The van der Waals surface area contributed by atoms with Gasteiger partial charge in [-0.1, -0.05) is 24.7 Å². The van der Waals surface area contributed by atoms with E-state index in [2.05, 4.69) is 27.9 Å². The number of nitrogens with one attached hydrogen (secondary N) is 3. The van der Waals surface area contributed by atoms with Gasteiger partial charge in [0, 0.05) is 17.9 Å². The first-order valence-electron chi connectivity index (χ1n) is 9.36. The van der Waals surface area contributed by atoms with Gasteiger partial charge in [0.05, 0.1) is 5.69 Å². The quantitative estimate of drug-likeness (QED) is 0.422. The minimum absolute atomic E-state index is 0.246. The van der Waals surface area contributed by atoms with Crippen LogP contribution in [0.25, 0.3) is 0 Å². The number of hydrogen-bond donors (Lipinski definition) is 4. The number of hydrogen-bond acceptors (Lipinski definition) is 5.